The minimum Gasteiger partial charge on any atom is -0.334 e. The third-order valence-electron chi connectivity index (χ3n) is 3.68. The van der Waals surface area contributed by atoms with Crippen molar-refractivity contribution in [2.45, 2.75) is 11.3 Å². The summed E-state index contributed by atoms with van der Waals surface area (Å²) >= 11 is 6.72. The van der Waals surface area contributed by atoms with E-state index in [0.29, 0.717) is 10.9 Å². The molecule has 1 aromatic heterocycles. The number of carbonyl (C=O) groups excluding carboxylic acids is 1. The summed E-state index contributed by atoms with van der Waals surface area (Å²) in [6.07, 6.45) is -4.57. The van der Waals surface area contributed by atoms with E-state index in [9.17, 15) is 22.8 Å². The number of benzene rings is 2. The predicted octanol–water partition coefficient (Wildman–Crippen LogP) is 3.51. The van der Waals surface area contributed by atoms with Gasteiger partial charge < -0.3 is 11.2 Å². The fourth-order valence-electron chi connectivity index (χ4n) is 2.34. The molecule has 3 N–H and O–H groups in total. The minimum atomic E-state index is -4.57. The number of aromatic nitrogens is 2. The molecule has 2 aromatic carbocycles. The van der Waals surface area contributed by atoms with Crippen molar-refractivity contribution in [2.24, 2.45) is 0 Å². The maximum atomic E-state index is 12.8. The first-order chi connectivity index (χ1) is 13.2. The van der Waals surface area contributed by atoms with Gasteiger partial charge in [0.25, 0.3) is 5.56 Å². The quantitative estimate of drug-likeness (QED) is 0.377. The smallest absolute Gasteiger partial charge is 0.334 e. The molecule has 11 heteroatoms. The predicted molar refractivity (Wildman–Crippen MR) is 102 cm³/mol. The molecule has 0 aliphatic heterocycles. The van der Waals surface area contributed by atoms with Crippen molar-refractivity contribution in [3.05, 3.63) is 63.4 Å². The summed E-state index contributed by atoms with van der Waals surface area (Å²) in [6, 6.07) is 9.19. The van der Waals surface area contributed by atoms with Crippen LogP contribution in [0, 0.1) is 0 Å². The number of nitrogen functional groups attached to an aromatic ring is 1. The highest BCUT2D eigenvalue weighted by Gasteiger charge is 2.31. The van der Waals surface area contributed by atoms with Gasteiger partial charge in [-0.25, -0.2) is 9.66 Å². The molecule has 0 aliphatic rings. The highest BCUT2D eigenvalue weighted by atomic mass is 35.5. The second kappa shape index (κ2) is 7.72. The lowest BCUT2D eigenvalue weighted by molar-refractivity contribution is -0.137. The molecule has 146 valence electrons. The van der Waals surface area contributed by atoms with E-state index in [1.165, 1.54) is 0 Å². The maximum Gasteiger partial charge on any atom is 0.416 e. The number of anilines is 1. The summed E-state index contributed by atoms with van der Waals surface area (Å²) < 4.78 is 39.2. The Hall–Kier alpha value is -2.72. The van der Waals surface area contributed by atoms with Gasteiger partial charge >= 0.3 is 6.18 Å². The summed E-state index contributed by atoms with van der Waals surface area (Å²) in [5, 5.41) is 2.70. The first kappa shape index (κ1) is 20.0. The lowest BCUT2D eigenvalue weighted by atomic mass is 10.2. The molecule has 0 atom stereocenters. The molecular formula is C17H12ClF3N4O2S. The second-order valence-corrected chi connectivity index (χ2v) is 6.97. The van der Waals surface area contributed by atoms with Crippen LogP contribution in [0.1, 0.15) is 5.56 Å². The molecule has 1 heterocycles. The van der Waals surface area contributed by atoms with Gasteiger partial charge in [0, 0.05) is 0 Å². The van der Waals surface area contributed by atoms with Crippen LogP contribution >= 0.6 is 23.4 Å². The number of alkyl halides is 3. The average Bonchev–Trinajstić information content (AvgIpc) is 2.64. The van der Waals surface area contributed by atoms with Gasteiger partial charge in [-0.1, -0.05) is 35.5 Å². The summed E-state index contributed by atoms with van der Waals surface area (Å²) in [7, 11) is 0. The largest absolute Gasteiger partial charge is 0.416 e. The zero-order valence-corrected chi connectivity index (χ0v) is 15.5. The van der Waals surface area contributed by atoms with Gasteiger partial charge in [0.05, 0.1) is 32.9 Å². The van der Waals surface area contributed by atoms with E-state index in [0.717, 1.165) is 34.6 Å². The van der Waals surface area contributed by atoms with E-state index in [-0.39, 0.29) is 21.6 Å². The molecule has 0 aliphatic carbocycles. The van der Waals surface area contributed by atoms with Gasteiger partial charge in [-0.2, -0.15) is 13.2 Å². The van der Waals surface area contributed by atoms with Crippen LogP contribution < -0.4 is 16.7 Å². The third-order valence-corrected chi connectivity index (χ3v) is 4.96. The topological polar surface area (TPSA) is 90.0 Å². The highest BCUT2D eigenvalue weighted by molar-refractivity contribution is 7.99. The lowest BCUT2D eigenvalue weighted by Gasteiger charge is -2.12. The molecule has 0 saturated heterocycles. The number of hydrogen-bond donors (Lipinski definition) is 2. The molecule has 3 rings (SSSR count). The molecule has 0 fully saturated rings. The molecule has 3 aromatic rings. The number of fused-ring (bicyclic) bond motifs is 1. The summed E-state index contributed by atoms with van der Waals surface area (Å²) in [4.78, 5) is 28.6. The number of hydrogen-bond acceptors (Lipinski definition) is 5. The van der Waals surface area contributed by atoms with E-state index in [4.69, 9.17) is 17.4 Å². The van der Waals surface area contributed by atoms with Crippen molar-refractivity contribution in [1.82, 2.24) is 9.66 Å². The summed E-state index contributed by atoms with van der Waals surface area (Å²) in [5.74, 6) is 4.85. The van der Waals surface area contributed by atoms with Crippen LogP contribution in [-0.2, 0) is 11.0 Å². The van der Waals surface area contributed by atoms with Crippen molar-refractivity contribution in [1.29, 1.82) is 0 Å². The van der Waals surface area contributed by atoms with Crippen molar-refractivity contribution in [3.63, 3.8) is 0 Å². The Labute approximate surface area is 165 Å². The molecular weight excluding hydrogens is 417 g/mol. The molecule has 0 spiro atoms. The number of nitrogens with one attached hydrogen (secondary N) is 1. The third kappa shape index (κ3) is 4.23. The first-order valence-corrected chi connectivity index (χ1v) is 9.09. The van der Waals surface area contributed by atoms with E-state index in [2.05, 4.69) is 10.3 Å². The SMILES string of the molecule is Nn1c(SCC(=O)Nc2cc(C(F)(F)F)ccc2Cl)nc2ccccc2c1=O. The van der Waals surface area contributed by atoms with Crippen LogP contribution in [0.15, 0.2) is 52.4 Å². The van der Waals surface area contributed by atoms with Crippen LogP contribution in [0.5, 0.6) is 0 Å². The number of amides is 1. The van der Waals surface area contributed by atoms with Crippen LogP contribution in [0.4, 0.5) is 18.9 Å². The number of nitrogens with two attached hydrogens (primary N) is 1. The van der Waals surface area contributed by atoms with Gasteiger partial charge in [0.15, 0.2) is 5.16 Å². The Morgan fingerprint density at radius 2 is 1.96 bits per heavy atom. The molecule has 1 amide bonds. The van der Waals surface area contributed by atoms with Crippen molar-refractivity contribution >= 4 is 45.9 Å². The Morgan fingerprint density at radius 1 is 1.25 bits per heavy atom. The van der Waals surface area contributed by atoms with Crippen LogP contribution in [0.25, 0.3) is 10.9 Å². The fourth-order valence-corrected chi connectivity index (χ4v) is 3.22. The molecule has 28 heavy (non-hydrogen) atoms. The summed E-state index contributed by atoms with van der Waals surface area (Å²) in [6.45, 7) is 0. The van der Waals surface area contributed by atoms with Crippen LogP contribution in [-0.4, -0.2) is 21.3 Å². The Morgan fingerprint density at radius 3 is 2.68 bits per heavy atom. The van der Waals surface area contributed by atoms with Gasteiger partial charge in [0.2, 0.25) is 5.91 Å². The van der Waals surface area contributed by atoms with Crippen molar-refractivity contribution in [3.8, 4) is 0 Å². The van der Waals surface area contributed by atoms with Gasteiger partial charge in [-0.05, 0) is 30.3 Å². The number of nitrogens with zero attached hydrogens (tertiary/aromatic N) is 2. The van der Waals surface area contributed by atoms with Gasteiger partial charge in [-0.15, -0.1) is 0 Å². The second-order valence-electron chi connectivity index (χ2n) is 5.62. The van der Waals surface area contributed by atoms with Gasteiger partial charge in [0.1, 0.15) is 0 Å². The average molecular weight is 429 g/mol. The molecule has 0 bridgehead atoms. The molecule has 0 unspecified atom stereocenters. The molecule has 0 saturated carbocycles. The van der Waals surface area contributed by atoms with E-state index < -0.39 is 23.2 Å². The first-order valence-electron chi connectivity index (χ1n) is 7.73. The zero-order chi connectivity index (χ0) is 20.5. The van der Waals surface area contributed by atoms with E-state index in [1.807, 2.05) is 0 Å². The zero-order valence-electron chi connectivity index (χ0n) is 14.0. The maximum absolute atomic E-state index is 12.8. The van der Waals surface area contributed by atoms with Crippen LogP contribution in [0.3, 0.4) is 0 Å². The lowest BCUT2D eigenvalue weighted by Crippen LogP contribution is -2.30. The Kier molecular flexibility index (Phi) is 5.52. The van der Waals surface area contributed by atoms with Crippen molar-refractivity contribution < 1.29 is 18.0 Å². The van der Waals surface area contributed by atoms with Gasteiger partial charge in [-0.3, -0.25) is 9.59 Å². The summed E-state index contributed by atoms with van der Waals surface area (Å²) in [5.41, 5.74) is -1.17. The number of thioether (sulfide) groups is 1. The minimum absolute atomic E-state index is 0.0362. The number of halogens is 4. The Balaban J connectivity index is 1.76. The highest BCUT2D eigenvalue weighted by Crippen LogP contribution is 2.33. The fraction of sp³-hybridized carbons (Fsp3) is 0.118. The molecule has 0 radical (unpaired) electrons. The van der Waals surface area contributed by atoms with E-state index in [1.54, 1.807) is 24.3 Å². The van der Waals surface area contributed by atoms with E-state index >= 15 is 0 Å². The van der Waals surface area contributed by atoms with Crippen molar-refractivity contribution in [2.75, 3.05) is 16.9 Å². The normalized spacial score (nSPS) is 11.6. The number of rotatable bonds is 4. The molecule has 6 nitrogen and oxygen atoms in total. The monoisotopic (exact) mass is 428 g/mol. The number of para-hydroxylation sites is 1. The Bertz CT molecular complexity index is 1120. The van der Waals surface area contributed by atoms with Crippen LogP contribution in [0.2, 0.25) is 5.02 Å². The standard InChI is InChI=1S/C17H12ClF3N4O2S/c18-11-6-5-9(17(19,20)21)7-13(11)23-14(26)8-28-16-24-12-4-2-1-3-10(12)15(27)25(16)22/h1-7H,8,22H2,(H,23,26). The number of carbonyl (C=O) groups is 1.